The maximum Gasteiger partial charge on any atom is 0.238 e. The van der Waals surface area contributed by atoms with Gasteiger partial charge in [0, 0.05) is 17.7 Å². The number of nitrogens with zero attached hydrogens (tertiary/aromatic N) is 3. The summed E-state index contributed by atoms with van der Waals surface area (Å²) in [6.07, 6.45) is 4.53. The molecule has 0 saturated heterocycles. The zero-order valence-corrected chi connectivity index (χ0v) is 14.3. The molecule has 0 fully saturated rings. The van der Waals surface area contributed by atoms with Crippen molar-refractivity contribution in [3.63, 3.8) is 0 Å². The van der Waals surface area contributed by atoms with Gasteiger partial charge < -0.3 is 11.1 Å². The summed E-state index contributed by atoms with van der Waals surface area (Å²) in [5.74, 6) is -0.121. The van der Waals surface area contributed by atoms with Crippen LogP contribution in [0.2, 0.25) is 0 Å². The number of thioether (sulfide) groups is 1. The Labute approximate surface area is 132 Å². The molecule has 2 heterocycles. The zero-order valence-electron chi connectivity index (χ0n) is 12.7. The van der Waals surface area contributed by atoms with Gasteiger partial charge in [-0.1, -0.05) is 11.3 Å². The maximum absolute atomic E-state index is 12.0. The van der Waals surface area contributed by atoms with E-state index in [4.69, 9.17) is 5.73 Å². The maximum atomic E-state index is 12.0. The molecule has 1 amide bonds. The Bertz CT molecular complexity index is 602. The number of nitrogens with one attached hydrogen (secondary N) is 1. The average Bonchev–Trinajstić information content (AvgIpc) is 2.94. The summed E-state index contributed by atoms with van der Waals surface area (Å²) in [7, 11) is 0. The molecule has 21 heavy (non-hydrogen) atoms. The molecule has 0 aliphatic rings. The molecule has 0 unspecified atom stereocenters. The summed E-state index contributed by atoms with van der Waals surface area (Å²) < 4.78 is 1.50. The van der Waals surface area contributed by atoms with Gasteiger partial charge in [0.05, 0.1) is 17.9 Å². The van der Waals surface area contributed by atoms with Crippen LogP contribution >= 0.6 is 23.1 Å². The van der Waals surface area contributed by atoms with Gasteiger partial charge in [-0.05, 0) is 27.0 Å². The fourth-order valence-electron chi connectivity index (χ4n) is 1.83. The summed E-state index contributed by atoms with van der Waals surface area (Å²) in [5, 5.41) is 8.18. The Kier molecular flexibility index (Phi) is 4.90. The highest BCUT2D eigenvalue weighted by Crippen LogP contribution is 2.24. The summed E-state index contributed by atoms with van der Waals surface area (Å²) >= 11 is 3.15. The fraction of sp³-hybridized carbons (Fsp3) is 0.615. The second kappa shape index (κ2) is 6.33. The van der Waals surface area contributed by atoms with E-state index in [0.717, 1.165) is 15.7 Å². The van der Waals surface area contributed by atoms with Crippen LogP contribution < -0.4 is 11.1 Å². The predicted octanol–water partition coefficient (Wildman–Crippen LogP) is 1.23. The topological polar surface area (TPSA) is 85.3 Å². The summed E-state index contributed by atoms with van der Waals surface area (Å²) in [5.41, 5.74) is 6.91. The number of rotatable bonds is 6. The van der Waals surface area contributed by atoms with Gasteiger partial charge in [-0.2, -0.15) is 16.9 Å². The molecule has 0 aliphatic heterocycles. The molecule has 6 nitrogen and oxygen atoms in total. The third kappa shape index (κ3) is 3.75. The molecule has 0 aromatic carbocycles. The molecular formula is C13H21N5OS2. The monoisotopic (exact) mass is 327 g/mol. The molecule has 2 aromatic heterocycles. The van der Waals surface area contributed by atoms with Crippen molar-refractivity contribution in [2.24, 2.45) is 5.73 Å². The van der Waals surface area contributed by atoms with E-state index in [1.807, 2.05) is 33.2 Å². The number of aromatic nitrogens is 3. The Hall–Kier alpha value is -1.12. The van der Waals surface area contributed by atoms with E-state index in [2.05, 4.69) is 15.4 Å². The van der Waals surface area contributed by atoms with Gasteiger partial charge in [0.15, 0.2) is 0 Å². The lowest BCUT2D eigenvalue weighted by Crippen LogP contribution is -2.52. The highest BCUT2D eigenvalue weighted by Gasteiger charge is 2.30. The van der Waals surface area contributed by atoms with Gasteiger partial charge in [-0.3, -0.25) is 4.79 Å². The minimum atomic E-state index is -0.526. The molecule has 2 rings (SSSR count). The first kappa shape index (κ1) is 16.3. The molecule has 0 spiro atoms. The minimum absolute atomic E-state index is 0.121. The van der Waals surface area contributed by atoms with Crippen LogP contribution in [0.15, 0.2) is 6.20 Å². The summed E-state index contributed by atoms with van der Waals surface area (Å²) in [4.78, 5) is 17.4. The quantitative estimate of drug-likeness (QED) is 0.833. The molecule has 0 radical (unpaired) electrons. The number of amides is 1. The molecule has 0 saturated carbocycles. The van der Waals surface area contributed by atoms with Crippen LogP contribution in [0.1, 0.15) is 24.5 Å². The van der Waals surface area contributed by atoms with Crippen molar-refractivity contribution >= 4 is 34.0 Å². The summed E-state index contributed by atoms with van der Waals surface area (Å²) in [6.45, 7) is 6.42. The van der Waals surface area contributed by atoms with Crippen LogP contribution in [-0.4, -0.2) is 44.1 Å². The largest absolute Gasteiger partial charge is 0.354 e. The molecule has 116 valence electrons. The number of hydrogen-bond donors (Lipinski definition) is 2. The number of carbonyl (C=O) groups is 1. The van der Waals surface area contributed by atoms with E-state index in [9.17, 15) is 4.79 Å². The van der Waals surface area contributed by atoms with Gasteiger partial charge >= 0.3 is 0 Å². The van der Waals surface area contributed by atoms with Crippen LogP contribution in [0, 0.1) is 6.92 Å². The SMILES string of the molecule is CSC(C)(C)[C@H](N)C(=O)NCCc1cn2nc(C)sc2n1. The van der Waals surface area contributed by atoms with Crippen molar-refractivity contribution in [3.05, 3.63) is 16.9 Å². The van der Waals surface area contributed by atoms with Gasteiger partial charge in [0.1, 0.15) is 5.01 Å². The first-order valence-electron chi connectivity index (χ1n) is 6.73. The Morgan fingerprint density at radius 3 is 2.95 bits per heavy atom. The molecule has 0 aliphatic carbocycles. The van der Waals surface area contributed by atoms with Crippen LogP contribution in [0.25, 0.3) is 4.96 Å². The van der Waals surface area contributed by atoms with Crippen LogP contribution in [0.3, 0.4) is 0 Å². The minimum Gasteiger partial charge on any atom is -0.354 e. The van der Waals surface area contributed by atoms with Crippen molar-refractivity contribution in [1.29, 1.82) is 0 Å². The number of carbonyl (C=O) groups excluding carboxylic acids is 1. The number of nitrogens with two attached hydrogens (primary N) is 1. The van der Waals surface area contributed by atoms with Crippen LogP contribution in [0.5, 0.6) is 0 Å². The Morgan fingerprint density at radius 2 is 2.33 bits per heavy atom. The molecule has 8 heteroatoms. The van der Waals surface area contributed by atoms with Gasteiger partial charge in [0.2, 0.25) is 10.9 Å². The molecular weight excluding hydrogens is 306 g/mol. The van der Waals surface area contributed by atoms with E-state index in [0.29, 0.717) is 13.0 Å². The standard InChI is InChI=1S/C13H21N5OS2/c1-8-17-18-7-9(16-12(18)21-8)5-6-15-11(19)10(14)13(2,3)20-4/h7,10H,5-6,14H2,1-4H3,(H,15,19)/t10-/m1/s1. The normalized spacial score (nSPS) is 13.6. The highest BCUT2D eigenvalue weighted by atomic mass is 32.2. The van der Waals surface area contributed by atoms with Crippen molar-refractivity contribution in [2.75, 3.05) is 12.8 Å². The average molecular weight is 327 g/mol. The Balaban J connectivity index is 1.86. The van der Waals surface area contributed by atoms with Gasteiger partial charge in [-0.25, -0.2) is 9.50 Å². The second-order valence-electron chi connectivity index (χ2n) is 5.41. The number of imidazole rings is 1. The number of fused-ring (bicyclic) bond motifs is 1. The van der Waals surface area contributed by atoms with E-state index < -0.39 is 6.04 Å². The van der Waals surface area contributed by atoms with Gasteiger partial charge in [0.25, 0.3) is 0 Å². The highest BCUT2D eigenvalue weighted by molar-refractivity contribution is 8.00. The lowest BCUT2D eigenvalue weighted by atomic mass is 10.0. The third-order valence-corrected chi connectivity index (χ3v) is 5.58. The van der Waals surface area contributed by atoms with Gasteiger partial charge in [-0.15, -0.1) is 0 Å². The van der Waals surface area contributed by atoms with Crippen LogP contribution in [0.4, 0.5) is 0 Å². The lowest BCUT2D eigenvalue weighted by Gasteiger charge is -2.28. The van der Waals surface area contributed by atoms with Crippen molar-refractivity contribution in [2.45, 2.75) is 38.0 Å². The van der Waals surface area contributed by atoms with Crippen molar-refractivity contribution in [3.8, 4) is 0 Å². The number of aryl methyl sites for hydroxylation is 1. The molecule has 1 atom stereocenters. The second-order valence-corrected chi connectivity index (χ2v) is 8.03. The van der Waals surface area contributed by atoms with E-state index >= 15 is 0 Å². The van der Waals surface area contributed by atoms with E-state index in [-0.39, 0.29) is 10.7 Å². The lowest BCUT2D eigenvalue weighted by molar-refractivity contribution is -0.122. The van der Waals surface area contributed by atoms with E-state index in [1.54, 1.807) is 27.6 Å². The van der Waals surface area contributed by atoms with Crippen LogP contribution in [-0.2, 0) is 11.2 Å². The number of hydrogen-bond acceptors (Lipinski definition) is 6. The van der Waals surface area contributed by atoms with E-state index in [1.165, 1.54) is 0 Å². The predicted molar refractivity (Wildman–Crippen MR) is 87.9 cm³/mol. The first-order valence-corrected chi connectivity index (χ1v) is 8.78. The molecule has 3 N–H and O–H groups in total. The molecule has 0 bridgehead atoms. The smallest absolute Gasteiger partial charge is 0.238 e. The molecule has 2 aromatic rings. The summed E-state index contributed by atoms with van der Waals surface area (Å²) in [6, 6.07) is -0.526. The Morgan fingerprint density at radius 1 is 1.62 bits per heavy atom. The zero-order chi connectivity index (χ0) is 15.6. The third-order valence-electron chi connectivity index (χ3n) is 3.43. The first-order chi connectivity index (χ1) is 9.83. The van der Waals surface area contributed by atoms with Crippen molar-refractivity contribution < 1.29 is 4.79 Å². The van der Waals surface area contributed by atoms with Crippen molar-refractivity contribution in [1.82, 2.24) is 19.9 Å². The fourth-order valence-corrected chi connectivity index (χ4v) is 2.94.